The van der Waals surface area contributed by atoms with Gasteiger partial charge >= 0.3 is 5.97 Å². The fourth-order valence-corrected chi connectivity index (χ4v) is 2.58. The number of amides is 1. The Bertz CT molecular complexity index is 529. The molecule has 2 N–H and O–H groups in total. The maximum Gasteiger partial charge on any atom is 0.311 e. The predicted molar refractivity (Wildman–Crippen MR) is 78.1 cm³/mol. The fraction of sp³-hybridized carbons (Fsp3) is 0.692. The number of aliphatic carboxylic acids is 1. The van der Waals surface area contributed by atoms with E-state index >= 15 is 0 Å². The van der Waals surface area contributed by atoms with E-state index in [0.29, 0.717) is 12.5 Å². The third kappa shape index (κ3) is 3.96. The van der Waals surface area contributed by atoms with Crippen LogP contribution in [-0.2, 0) is 9.59 Å². The molecule has 0 aliphatic heterocycles. The number of aromatic nitrogens is 3. The van der Waals surface area contributed by atoms with Gasteiger partial charge in [0.2, 0.25) is 5.91 Å². The van der Waals surface area contributed by atoms with Gasteiger partial charge in [0.1, 0.15) is 6.33 Å². The van der Waals surface area contributed by atoms with Crippen molar-refractivity contribution in [1.29, 1.82) is 0 Å². The normalized spacial score (nSPS) is 17.2. The second-order valence-electron chi connectivity index (χ2n) is 5.54. The lowest BCUT2D eigenvalue weighted by Gasteiger charge is -2.23. The average Bonchev–Trinajstić information content (AvgIpc) is 3.21. The second kappa shape index (κ2) is 6.46. The molecular weight excluding hydrogens is 292 g/mol. The number of hydrogen-bond acceptors (Lipinski definition) is 5. The second-order valence-corrected chi connectivity index (χ2v) is 6.48. The zero-order chi connectivity index (χ0) is 15.5. The van der Waals surface area contributed by atoms with Gasteiger partial charge in [-0.05, 0) is 26.2 Å². The molecule has 8 heteroatoms. The van der Waals surface area contributed by atoms with Crippen LogP contribution in [0, 0.1) is 5.41 Å². The average molecular weight is 312 g/mol. The highest BCUT2D eigenvalue weighted by molar-refractivity contribution is 7.99. The first-order chi connectivity index (χ1) is 9.96. The molecule has 1 unspecified atom stereocenters. The summed E-state index contributed by atoms with van der Waals surface area (Å²) in [5.74, 6) is -0.872. The van der Waals surface area contributed by atoms with Gasteiger partial charge in [-0.3, -0.25) is 9.59 Å². The van der Waals surface area contributed by atoms with Crippen molar-refractivity contribution in [3.8, 4) is 0 Å². The van der Waals surface area contributed by atoms with Crippen molar-refractivity contribution in [2.45, 2.75) is 44.3 Å². The summed E-state index contributed by atoms with van der Waals surface area (Å²) in [6.07, 6.45) is 4.42. The number of carbonyl (C=O) groups is 2. The van der Waals surface area contributed by atoms with Gasteiger partial charge in [0.15, 0.2) is 5.16 Å². The van der Waals surface area contributed by atoms with Gasteiger partial charge in [-0.2, -0.15) is 0 Å². The van der Waals surface area contributed by atoms with Crippen molar-refractivity contribution in [3.63, 3.8) is 0 Å². The minimum Gasteiger partial charge on any atom is -0.481 e. The molecule has 1 saturated carbocycles. The monoisotopic (exact) mass is 312 g/mol. The zero-order valence-corrected chi connectivity index (χ0v) is 13.0. The number of carboxylic acids is 1. The number of carboxylic acid groups (broad SMARTS) is 1. The Morgan fingerprint density at radius 2 is 2.29 bits per heavy atom. The molecule has 1 amide bonds. The standard InChI is InChI=1S/C13H20N4O3S/c1-3-13(2,11(19)20)7-14-10(18)6-21-12-16-15-8-17(12)9-4-5-9/h8-9H,3-7H2,1-2H3,(H,14,18)(H,19,20). The molecule has 0 spiro atoms. The van der Waals surface area contributed by atoms with Crippen LogP contribution in [0.25, 0.3) is 0 Å². The molecule has 1 aromatic rings. The summed E-state index contributed by atoms with van der Waals surface area (Å²) in [5.41, 5.74) is -0.922. The molecule has 7 nitrogen and oxygen atoms in total. The smallest absolute Gasteiger partial charge is 0.311 e. The van der Waals surface area contributed by atoms with Crippen molar-refractivity contribution in [3.05, 3.63) is 6.33 Å². The van der Waals surface area contributed by atoms with Gasteiger partial charge < -0.3 is 15.0 Å². The first kappa shape index (κ1) is 15.8. The van der Waals surface area contributed by atoms with Gasteiger partial charge in [-0.25, -0.2) is 0 Å². The van der Waals surface area contributed by atoms with Crippen molar-refractivity contribution in [1.82, 2.24) is 20.1 Å². The molecule has 0 radical (unpaired) electrons. The highest BCUT2D eigenvalue weighted by atomic mass is 32.2. The Balaban J connectivity index is 1.79. The van der Waals surface area contributed by atoms with Crippen LogP contribution in [0.3, 0.4) is 0 Å². The molecule has 0 aromatic carbocycles. The maximum absolute atomic E-state index is 11.8. The van der Waals surface area contributed by atoms with Crippen LogP contribution in [0.1, 0.15) is 39.2 Å². The van der Waals surface area contributed by atoms with Crippen molar-refractivity contribution < 1.29 is 14.7 Å². The van der Waals surface area contributed by atoms with Crippen LogP contribution >= 0.6 is 11.8 Å². The van der Waals surface area contributed by atoms with E-state index in [1.54, 1.807) is 20.2 Å². The third-order valence-corrected chi connectivity index (χ3v) is 4.74. The summed E-state index contributed by atoms with van der Waals surface area (Å²) in [6, 6.07) is 0.473. The van der Waals surface area contributed by atoms with Crippen molar-refractivity contribution >= 4 is 23.6 Å². The predicted octanol–water partition coefficient (Wildman–Crippen LogP) is 1.32. The van der Waals surface area contributed by atoms with E-state index in [1.807, 2.05) is 4.57 Å². The third-order valence-electron chi connectivity index (χ3n) is 3.79. The molecule has 1 aliphatic carbocycles. The molecular formula is C13H20N4O3S. The Hall–Kier alpha value is -1.57. The summed E-state index contributed by atoms with van der Waals surface area (Å²) in [4.78, 5) is 23.0. The van der Waals surface area contributed by atoms with E-state index < -0.39 is 11.4 Å². The molecule has 1 heterocycles. The van der Waals surface area contributed by atoms with E-state index in [9.17, 15) is 9.59 Å². The number of carbonyl (C=O) groups excluding carboxylic acids is 1. The van der Waals surface area contributed by atoms with Crippen LogP contribution in [0.4, 0.5) is 0 Å². The van der Waals surface area contributed by atoms with Gasteiger partial charge in [-0.1, -0.05) is 18.7 Å². The van der Waals surface area contributed by atoms with E-state index in [2.05, 4.69) is 15.5 Å². The summed E-state index contributed by atoms with van der Waals surface area (Å²) in [6.45, 7) is 3.56. The first-order valence-electron chi connectivity index (χ1n) is 6.98. The summed E-state index contributed by atoms with van der Waals surface area (Å²) < 4.78 is 1.99. The van der Waals surface area contributed by atoms with Crippen LogP contribution in [-0.4, -0.2) is 44.0 Å². The quantitative estimate of drug-likeness (QED) is 0.703. The minimum atomic E-state index is -0.922. The Morgan fingerprint density at radius 1 is 1.57 bits per heavy atom. The number of thioether (sulfide) groups is 1. The molecule has 1 atom stereocenters. The SMILES string of the molecule is CCC(C)(CNC(=O)CSc1nncn1C1CC1)C(=O)O. The largest absolute Gasteiger partial charge is 0.481 e. The van der Waals surface area contributed by atoms with Gasteiger partial charge in [0.25, 0.3) is 0 Å². The van der Waals surface area contributed by atoms with Gasteiger partial charge in [-0.15, -0.1) is 10.2 Å². The molecule has 0 saturated heterocycles. The molecule has 2 rings (SSSR count). The molecule has 21 heavy (non-hydrogen) atoms. The lowest BCUT2D eigenvalue weighted by Crippen LogP contribution is -2.41. The molecule has 0 bridgehead atoms. The number of hydrogen-bond donors (Lipinski definition) is 2. The number of nitrogens with one attached hydrogen (secondary N) is 1. The maximum atomic E-state index is 11.8. The Morgan fingerprint density at radius 3 is 2.86 bits per heavy atom. The van der Waals surface area contributed by atoms with Crippen molar-refractivity contribution in [2.75, 3.05) is 12.3 Å². The molecule has 1 aromatic heterocycles. The van der Waals surface area contributed by atoms with Crippen LogP contribution in [0.5, 0.6) is 0 Å². The molecule has 1 aliphatic rings. The highest BCUT2D eigenvalue weighted by Crippen LogP contribution is 2.37. The Labute approximate surface area is 127 Å². The van der Waals surface area contributed by atoms with Crippen LogP contribution in [0.2, 0.25) is 0 Å². The molecule has 116 valence electrons. The molecule has 1 fully saturated rings. The minimum absolute atomic E-state index is 0.132. The lowest BCUT2D eigenvalue weighted by atomic mass is 9.88. The van der Waals surface area contributed by atoms with E-state index in [1.165, 1.54) is 11.8 Å². The number of nitrogens with zero attached hydrogens (tertiary/aromatic N) is 3. The van der Waals surface area contributed by atoms with E-state index in [-0.39, 0.29) is 18.2 Å². The summed E-state index contributed by atoms with van der Waals surface area (Å²) >= 11 is 1.33. The topological polar surface area (TPSA) is 97.1 Å². The fourth-order valence-electron chi connectivity index (χ4n) is 1.77. The zero-order valence-electron chi connectivity index (χ0n) is 12.2. The van der Waals surface area contributed by atoms with E-state index in [0.717, 1.165) is 18.0 Å². The summed E-state index contributed by atoms with van der Waals surface area (Å²) in [5, 5.41) is 20.4. The lowest BCUT2D eigenvalue weighted by molar-refractivity contribution is -0.148. The summed E-state index contributed by atoms with van der Waals surface area (Å²) in [7, 11) is 0. The number of rotatable bonds is 8. The van der Waals surface area contributed by atoms with Crippen molar-refractivity contribution in [2.24, 2.45) is 5.41 Å². The van der Waals surface area contributed by atoms with Crippen LogP contribution in [0.15, 0.2) is 11.5 Å². The highest BCUT2D eigenvalue weighted by Gasteiger charge is 2.31. The van der Waals surface area contributed by atoms with Crippen LogP contribution < -0.4 is 5.32 Å². The van der Waals surface area contributed by atoms with Gasteiger partial charge in [0.05, 0.1) is 11.2 Å². The van der Waals surface area contributed by atoms with E-state index in [4.69, 9.17) is 5.11 Å². The van der Waals surface area contributed by atoms with Gasteiger partial charge in [0, 0.05) is 12.6 Å². The first-order valence-corrected chi connectivity index (χ1v) is 7.97. The Kier molecular flexibility index (Phi) is 4.87.